The van der Waals surface area contributed by atoms with Crippen LogP contribution in [0.1, 0.15) is 24.3 Å². The molecular formula is C11H13Cl2NS. The lowest BCUT2D eigenvalue weighted by Gasteiger charge is -2.14. The van der Waals surface area contributed by atoms with E-state index >= 15 is 0 Å². The van der Waals surface area contributed by atoms with Crippen molar-refractivity contribution in [2.45, 2.75) is 24.8 Å². The van der Waals surface area contributed by atoms with Crippen molar-refractivity contribution in [2.24, 2.45) is 0 Å². The van der Waals surface area contributed by atoms with Crippen LogP contribution in [0.25, 0.3) is 0 Å². The standard InChI is InChI=1S/C11H13Cl2NS/c1-2-8-6-15-11(14-8)9-5-7(12)3-4-10(9)13/h3-5,8,11,14H,2,6H2,1H3. The summed E-state index contributed by atoms with van der Waals surface area (Å²) in [7, 11) is 0. The van der Waals surface area contributed by atoms with E-state index in [1.54, 1.807) is 0 Å². The minimum Gasteiger partial charge on any atom is -0.298 e. The molecule has 1 heterocycles. The van der Waals surface area contributed by atoms with Crippen molar-refractivity contribution in [2.75, 3.05) is 5.75 Å². The Bertz CT molecular complexity index is 356. The van der Waals surface area contributed by atoms with E-state index < -0.39 is 0 Å². The van der Waals surface area contributed by atoms with Crippen LogP contribution >= 0.6 is 35.0 Å². The van der Waals surface area contributed by atoms with E-state index in [0.29, 0.717) is 11.4 Å². The third kappa shape index (κ3) is 2.62. The molecule has 0 spiro atoms. The van der Waals surface area contributed by atoms with Crippen molar-refractivity contribution in [1.29, 1.82) is 0 Å². The molecule has 1 aromatic rings. The van der Waals surface area contributed by atoms with Gasteiger partial charge in [-0.2, -0.15) is 0 Å². The summed E-state index contributed by atoms with van der Waals surface area (Å²) in [6.45, 7) is 2.19. The highest BCUT2D eigenvalue weighted by Crippen LogP contribution is 2.38. The molecule has 1 N–H and O–H groups in total. The van der Waals surface area contributed by atoms with Gasteiger partial charge in [-0.1, -0.05) is 30.1 Å². The van der Waals surface area contributed by atoms with Gasteiger partial charge in [0.2, 0.25) is 0 Å². The van der Waals surface area contributed by atoms with E-state index in [2.05, 4.69) is 12.2 Å². The molecule has 15 heavy (non-hydrogen) atoms. The molecule has 1 aliphatic rings. The zero-order valence-electron chi connectivity index (χ0n) is 8.47. The summed E-state index contributed by atoms with van der Waals surface area (Å²) >= 11 is 14.0. The summed E-state index contributed by atoms with van der Waals surface area (Å²) in [5, 5.41) is 5.38. The minimum atomic E-state index is 0.293. The van der Waals surface area contributed by atoms with Crippen LogP contribution in [-0.2, 0) is 0 Å². The Morgan fingerprint density at radius 3 is 2.93 bits per heavy atom. The highest BCUT2D eigenvalue weighted by atomic mass is 35.5. The Balaban J connectivity index is 2.19. The molecule has 0 bridgehead atoms. The Hall–Kier alpha value is 0.110. The van der Waals surface area contributed by atoms with Crippen LogP contribution < -0.4 is 5.32 Å². The van der Waals surface area contributed by atoms with Crippen LogP contribution in [0.2, 0.25) is 10.0 Å². The summed E-state index contributed by atoms with van der Waals surface area (Å²) in [4.78, 5) is 0. The highest BCUT2D eigenvalue weighted by molar-refractivity contribution is 7.99. The van der Waals surface area contributed by atoms with Crippen LogP contribution in [0.4, 0.5) is 0 Å². The normalized spacial score (nSPS) is 25.8. The van der Waals surface area contributed by atoms with Gasteiger partial charge in [0.25, 0.3) is 0 Å². The maximum Gasteiger partial charge on any atom is 0.0807 e. The largest absolute Gasteiger partial charge is 0.298 e. The fourth-order valence-corrected chi connectivity index (χ4v) is 3.55. The second-order valence-corrected chi connectivity index (χ2v) is 5.63. The van der Waals surface area contributed by atoms with Gasteiger partial charge in [-0.15, -0.1) is 11.8 Å². The molecule has 1 aliphatic heterocycles. The Labute approximate surface area is 105 Å². The van der Waals surface area contributed by atoms with E-state index in [4.69, 9.17) is 23.2 Å². The predicted molar refractivity (Wildman–Crippen MR) is 68.9 cm³/mol. The van der Waals surface area contributed by atoms with Gasteiger partial charge < -0.3 is 0 Å². The topological polar surface area (TPSA) is 12.0 Å². The van der Waals surface area contributed by atoms with E-state index in [9.17, 15) is 0 Å². The molecule has 0 radical (unpaired) electrons. The average molecular weight is 262 g/mol. The average Bonchev–Trinajstić information content (AvgIpc) is 2.70. The highest BCUT2D eigenvalue weighted by Gasteiger charge is 2.25. The van der Waals surface area contributed by atoms with E-state index in [1.807, 2.05) is 30.0 Å². The third-order valence-electron chi connectivity index (χ3n) is 2.58. The van der Waals surface area contributed by atoms with Gasteiger partial charge in [0.1, 0.15) is 0 Å². The van der Waals surface area contributed by atoms with Gasteiger partial charge in [-0.05, 0) is 30.2 Å². The van der Waals surface area contributed by atoms with Crippen molar-refractivity contribution in [3.8, 4) is 0 Å². The maximum atomic E-state index is 6.16. The lowest BCUT2D eigenvalue weighted by atomic mass is 10.2. The monoisotopic (exact) mass is 261 g/mol. The van der Waals surface area contributed by atoms with Crippen LogP contribution in [0.15, 0.2) is 18.2 Å². The number of thioether (sulfide) groups is 1. The number of nitrogens with one attached hydrogen (secondary N) is 1. The number of halogens is 2. The lowest BCUT2D eigenvalue weighted by molar-refractivity contribution is 0.561. The quantitative estimate of drug-likeness (QED) is 0.860. The van der Waals surface area contributed by atoms with Crippen molar-refractivity contribution >= 4 is 35.0 Å². The molecule has 4 heteroatoms. The Kier molecular flexibility index (Phi) is 3.83. The molecule has 1 saturated heterocycles. The molecule has 2 rings (SSSR count). The zero-order chi connectivity index (χ0) is 10.8. The Morgan fingerprint density at radius 1 is 1.47 bits per heavy atom. The SMILES string of the molecule is CCC1CSC(c2cc(Cl)ccc2Cl)N1. The van der Waals surface area contributed by atoms with Gasteiger partial charge in [0.15, 0.2) is 0 Å². The molecule has 82 valence electrons. The first-order valence-electron chi connectivity index (χ1n) is 5.03. The molecule has 0 aromatic heterocycles. The van der Waals surface area contributed by atoms with Crippen LogP contribution in [0.5, 0.6) is 0 Å². The molecule has 1 fully saturated rings. The first-order chi connectivity index (χ1) is 7.20. The van der Waals surface area contributed by atoms with Crippen molar-refractivity contribution in [3.63, 3.8) is 0 Å². The first kappa shape index (κ1) is 11.6. The van der Waals surface area contributed by atoms with E-state index in [1.165, 1.54) is 0 Å². The Morgan fingerprint density at radius 2 is 2.27 bits per heavy atom. The lowest BCUT2D eigenvalue weighted by Crippen LogP contribution is -2.24. The van der Waals surface area contributed by atoms with Gasteiger partial charge >= 0.3 is 0 Å². The number of benzene rings is 1. The van der Waals surface area contributed by atoms with Crippen LogP contribution in [0, 0.1) is 0 Å². The predicted octanol–water partition coefficient (Wildman–Crippen LogP) is 4.11. The number of hydrogen-bond donors (Lipinski definition) is 1. The molecular weight excluding hydrogens is 249 g/mol. The van der Waals surface area contributed by atoms with Gasteiger partial charge in [0.05, 0.1) is 5.37 Å². The van der Waals surface area contributed by atoms with Crippen LogP contribution in [-0.4, -0.2) is 11.8 Å². The van der Waals surface area contributed by atoms with Gasteiger partial charge in [-0.3, -0.25) is 5.32 Å². The number of hydrogen-bond acceptors (Lipinski definition) is 2. The summed E-state index contributed by atoms with van der Waals surface area (Å²) < 4.78 is 0. The molecule has 1 aromatic carbocycles. The zero-order valence-corrected chi connectivity index (χ0v) is 10.8. The van der Waals surface area contributed by atoms with Gasteiger partial charge in [0, 0.05) is 21.8 Å². The summed E-state index contributed by atoms with van der Waals surface area (Å²) in [5.41, 5.74) is 1.10. The summed E-state index contributed by atoms with van der Waals surface area (Å²) in [6, 6.07) is 6.23. The van der Waals surface area contributed by atoms with Crippen molar-refractivity contribution in [3.05, 3.63) is 33.8 Å². The summed E-state index contributed by atoms with van der Waals surface area (Å²) in [5.74, 6) is 1.14. The molecule has 2 atom stereocenters. The molecule has 0 aliphatic carbocycles. The number of rotatable bonds is 2. The second-order valence-electron chi connectivity index (χ2n) is 3.65. The summed E-state index contributed by atoms with van der Waals surface area (Å²) in [6.07, 6.45) is 1.15. The first-order valence-corrected chi connectivity index (χ1v) is 6.83. The molecule has 0 amide bonds. The second kappa shape index (κ2) is 4.96. The van der Waals surface area contributed by atoms with Gasteiger partial charge in [-0.25, -0.2) is 0 Å². The van der Waals surface area contributed by atoms with E-state index in [-0.39, 0.29) is 0 Å². The van der Waals surface area contributed by atoms with E-state index in [0.717, 1.165) is 27.8 Å². The van der Waals surface area contributed by atoms with Crippen molar-refractivity contribution < 1.29 is 0 Å². The fourth-order valence-electron chi connectivity index (χ4n) is 1.65. The fraction of sp³-hybridized carbons (Fsp3) is 0.455. The molecule has 0 saturated carbocycles. The molecule has 2 unspecified atom stereocenters. The van der Waals surface area contributed by atoms with Crippen molar-refractivity contribution in [1.82, 2.24) is 5.32 Å². The third-order valence-corrected chi connectivity index (χ3v) is 4.48. The smallest absolute Gasteiger partial charge is 0.0807 e. The minimum absolute atomic E-state index is 0.293. The van der Waals surface area contributed by atoms with Crippen LogP contribution in [0.3, 0.4) is 0 Å². The maximum absolute atomic E-state index is 6.16. The molecule has 1 nitrogen and oxygen atoms in total.